The van der Waals surface area contributed by atoms with Crippen molar-refractivity contribution < 1.29 is 19.1 Å². The number of rotatable bonds is 5. The number of carbonyl (C=O) groups is 3. The highest BCUT2D eigenvalue weighted by Crippen LogP contribution is 2.46. The van der Waals surface area contributed by atoms with Crippen molar-refractivity contribution in [2.75, 3.05) is 23.5 Å². The molecule has 2 heterocycles. The predicted octanol–water partition coefficient (Wildman–Crippen LogP) is 5.17. The Morgan fingerprint density at radius 3 is 2.51 bits per heavy atom. The minimum absolute atomic E-state index is 0.00104. The minimum atomic E-state index is -0.755. The average Bonchev–Trinajstić information content (AvgIpc) is 2.80. The summed E-state index contributed by atoms with van der Waals surface area (Å²) in [5, 5.41) is 2.31. The Balaban J connectivity index is 1.82. The van der Waals surface area contributed by atoms with Gasteiger partial charge in [-0.1, -0.05) is 32.0 Å². The number of urea groups is 1. The van der Waals surface area contributed by atoms with Crippen LogP contribution in [0.5, 0.6) is 5.75 Å². The first-order chi connectivity index (χ1) is 16.6. The molecule has 1 fully saturated rings. The fourth-order valence-electron chi connectivity index (χ4n) is 5.31. The van der Waals surface area contributed by atoms with E-state index in [1.54, 1.807) is 19.2 Å². The van der Waals surface area contributed by atoms with Crippen LogP contribution >= 0.6 is 0 Å². The van der Waals surface area contributed by atoms with Crippen LogP contribution in [0.4, 0.5) is 16.2 Å². The Labute approximate surface area is 206 Å². The molecule has 1 atom stereocenters. The SMILES string of the molecule is CCCN1c2cc(OC)c(/C=C3/C(=O)NC(=O)N(c4ccccc4C)C3=O)cc2C(C)CC1(C)C. The third kappa shape index (κ3) is 4.31. The highest BCUT2D eigenvalue weighted by atomic mass is 16.5. The molecule has 0 radical (unpaired) electrons. The molecule has 4 rings (SSSR count). The summed E-state index contributed by atoms with van der Waals surface area (Å²) >= 11 is 0. The highest BCUT2D eigenvalue weighted by molar-refractivity contribution is 6.39. The van der Waals surface area contributed by atoms with Gasteiger partial charge in [0, 0.05) is 29.4 Å². The van der Waals surface area contributed by atoms with Crippen LogP contribution in [0.1, 0.15) is 63.1 Å². The second-order valence-electron chi connectivity index (χ2n) is 9.97. The molecule has 2 aromatic carbocycles. The van der Waals surface area contributed by atoms with Gasteiger partial charge in [0.25, 0.3) is 11.8 Å². The van der Waals surface area contributed by atoms with Crippen molar-refractivity contribution >= 4 is 35.3 Å². The minimum Gasteiger partial charge on any atom is -0.496 e. The number of aryl methyl sites for hydroxylation is 1. The van der Waals surface area contributed by atoms with Crippen molar-refractivity contribution in [2.24, 2.45) is 0 Å². The van der Waals surface area contributed by atoms with E-state index in [2.05, 4.69) is 37.9 Å². The van der Waals surface area contributed by atoms with Gasteiger partial charge in [-0.15, -0.1) is 0 Å². The average molecular weight is 476 g/mol. The number of benzene rings is 2. The number of para-hydroxylation sites is 1. The van der Waals surface area contributed by atoms with E-state index in [0.717, 1.165) is 41.1 Å². The van der Waals surface area contributed by atoms with Gasteiger partial charge in [0.05, 0.1) is 12.8 Å². The maximum atomic E-state index is 13.4. The first-order valence-electron chi connectivity index (χ1n) is 12.1. The summed E-state index contributed by atoms with van der Waals surface area (Å²) in [7, 11) is 1.58. The lowest BCUT2D eigenvalue weighted by atomic mass is 9.79. The van der Waals surface area contributed by atoms with E-state index < -0.39 is 17.8 Å². The lowest BCUT2D eigenvalue weighted by Gasteiger charge is -2.48. The second kappa shape index (κ2) is 9.21. The first kappa shape index (κ1) is 24.5. The third-order valence-corrected chi connectivity index (χ3v) is 6.94. The van der Waals surface area contributed by atoms with Crippen LogP contribution in [0.3, 0.4) is 0 Å². The normalized spacial score (nSPS) is 20.7. The van der Waals surface area contributed by atoms with Gasteiger partial charge >= 0.3 is 6.03 Å². The van der Waals surface area contributed by atoms with E-state index in [9.17, 15) is 14.4 Å². The number of amides is 4. The van der Waals surface area contributed by atoms with Crippen molar-refractivity contribution in [1.29, 1.82) is 0 Å². The molecule has 1 N–H and O–H groups in total. The molecule has 0 aliphatic carbocycles. The topological polar surface area (TPSA) is 79.0 Å². The molecule has 184 valence electrons. The van der Waals surface area contributed by atoms with Gasteiger partial charge in [0.1, 0.15) is 11.3 Å². The molecule has 4 amide bonds. The lowest BCUT2D eigenvalue weighted by Crippen LogP contribution is -2.54. The smallest absolute Gasteiger partial charge is 0.335 e. The molecule has 0 spiro atoms. The van der Waals surface area contributed by atoms with E-state index in [1.807, 2.05) is 31.2 Å². The Morgan fingerprint density at radius 1 is 1.14 bits per heavy atom. The molecule has 0 saturated carbocycles. The summed E-state index contributed by atoms with van der Waals surface area (Å²) in [5.41, 5.74) is 3.99. The van der Waals surface area contributed by atoms with Crippen molar-refractivity contribution in [3.63, 3.8) is 0 Å². The van der Waals surface area contributed by atoms with Crippen molar-refractivity contribution in [3.8, 4) is 5.75 Å². The van der Waals surface area contributed by atoms with Crippen LogP contribution in [-0.2, 0) is 9.59 Å². The Kier molecular flexibility index (Phi) is 6.45. The molecule has 7 heteroatoms. The van der Waals surface area contributed by atoms with Gasteiger partial charge in [0.2, 0.25) is 0 Å². The van der Waals surface area contributed by atoms with Gasteiger partial charge in [-0.3, -0.25) is 14.9 Å². The molecule has 0 aromatic heterocycles. The van der Waals surface area contributed by atoms with Crippen LogP contribution in [0.2, 0.25) is 0 Å². The zero-order chi connectivity index (χ0) is 25.5. The largest absolute Gasteiger partial charge is 0.496 e. The number of hydrogen-bond donors (Lipinski definition) is 1. The number of methoxy groups -OCH3 is 1. The first-order valence-corrected chi connectivity index (χ1v) is 12.1. The number of anilines is 2. The van der Waals surface area contributed by atoms with Crippen LogP contribution < -0.4 is 19.9 Å². The van der Waals surface area contributed by atoms with E-state index in [0.29, 0.717) is 17.0 Å². The second-order valence-corrected chi connectivity index (χ2v) is 9.97. The molecule has 0 bridgehead atoms. The molecule has 1 unspecified atom stereocenters. The maximum Gasteiger partial charge on any atom is 0.335 e. The molecule has 35 heavy (non-hydrogen) atoms. The molecule has 7 nitrogen and oxygen atoms in total. The Bertz CT molecular complexity index is 1230. The highest BCUT2D eigenvalue weighted by Gasteiger charge is 2.39. The summed E-state index contributed by atoms with van der Waals surface area (Å²) in [6.45, 7) is 11.6. The van der Waals surface area contributed by atoms with Crippen LogP contribution in [0, 0.1) is 6.92 Å². The monoisotopic (exact) mass is 475 g/mol. The van der Waals surface area contributed by atoms with Crippen molar-refractivity contribution in [1.82, 2.24) is 5.32 Å². The number of fused-ring (bicyclic) bond motifs is 1. The summed E-state index contributed by atoms with van der Waals surface area (Å²) in [6, 6.07) is 10.3. The Hall–Kier alpha value is -3.61. The van der Waals surface area contributed by atoms with Crippen molar-refractivity contribution in [2.45, 2.75) is 58.9 Å². The van der Waals surface area contributed by atoms with Gasteiger partial charge < -0.3 is 9.64 Å². The maximum absolute atomic E-state index is 13.4. The van der Waals surface area contributed by atoms with Gasteiger partial charge in [-0.05, 0) is 68.9 Å². The van der Waals surface area contributed by atoms with E-state index >= 15 is 0 Å². The molecule has 2 aromatic rings. The Morgan fingerprint density at radius 2 is 1.86 bits per heavy atom. The van der Waals surface area contributed by atoms with E-state index in [4.69, 9.17) is 4.74 Å². The van der Waals surface area contributed by atoms with Gasteiger partial charge in [-0.2, -0.15) is 0 Å². The molecular weight excluding hydrogens is 442 g/mol. The number of nitrogens with one attached hydrogen (secondary N) is 1. The van der Waals surface area contributed by atoms with Gasteiger partial charge in [0.15, 0.2) is 0 Å². The summed E-state index contributed by atoms with van der Waals surface area (Å²) < 4.78 is 5.71. The number of hydrogen-bond acceptors (Lipinski definition) is 5. The molecule has 1 saturated heterocycles. The summed E-state index contributed by atoms with van der Waals surface area (Å²) in [4.78, 5) is 42.2. The summed E-state index contributed by atoms with van der Waals surface area (Å²) in [5.74, 6) is -0.514. The van der Waals surface area contributed by atoms with E-state index in [-0.39, 0.29) is 17.0 Å². The molecule has 2 aliphatic rings. The van der Waals surface area contributed by atoms with Crippen molar-refractivity contribution in [3.05, 3.63) is 58.7 Å². The molecule has 2 aliphatic heterocycles. The number of carbonyl (C=O) groups excluding carboxylic acids is 3. The fourth-order valence-corrected chi connectivity index (χ4v) is 5.31. The zero-order valence-electron chi connectivity index (χ0n) is 21.3. The quantitative estimate of drug-likeness (QED) is 0.477. The standard InChI is InChI=1S/C28H33N3O4/c1-7-12-30-23-15-24(35-6)19(13-20(23)18(3)16-28(30,4)5)14-21-25(32)29-27(34)31(26(21)33)22-11-9-8-10-17(22)2/h8-11,13-15,18H,7,12,16H2,1-6H3,(H,29,32,34)/b21-14-. The summed E-state index contributed by atoms with van der Waals surface area (Å²) in [6.07, 6.45) is 3.53. The zero-order valence-corrected chi connectivity index (χ0v) is 21.3. The number of nitrogens with zero attached hydrogens (tertiary/aromatic N) is 2. The number of ether oxygens (including phenoxy) is 1. The lowest BCUT2D eigenvalue weighted by molar-refractivity contribution is -0.122. The fraction of sp³-hybridized carbons (Fsp3) is 0.393. The molecular formula is C28H33N3O4. The number of imide groups is 2. The van der Waals surface area contributed by atoms with Gasteiger partial charge in [-0.25, -0.2) is 9.69 Å². The van der Waals surface area contributed by atoms with Crippen LogP contribution in [0.25, 0.3) is 6.08 Å². The third-order valence-electron chi connectivity index (χ3n) is 6.94. The van der Waals surface area contributed by atoms with Crippen LogP contribution in [-0.4, -0.2) is 37.0 Å². The predicted molar refractivity (Wildman–Crippen MR) is 138 cm³/mol. The van der Waals surface area contributed by atoms with E-state index in [1.165, 1.54) is 6.08 Å². The van der Waals surface area contributed by atoms with Crippen LogP contribution in [0.15, 0.2) is 42.0 Å². The number of barbiturate groups is 1.